The summed E-state index contributed by atoms with van der Waals surface area (Å²) in [7, 11) is 0. The summed E-state index contributed by atoms with van der Waals surface area (Å²) in [5.41, 5.74) is 7.15. The van der Waals surface area contributed by atoms with Crippen LogP contribution in [0.15, 0.2) is 46.9 Å². The molecule has 3 rings (SSSR count). The van der Waals surface area contributed by atoms with Crippen LogP contribution in [0.4, 0.5) is 0 Å². The smallest absolute Gasteiger partial charge is 0.237 e. The van der Waals surface area contributed by atoms with Gasteiger partial charge in [0.25, 0.3) is 0 Å². The minimum Gasteiger partial charge on any atom is -0.465 e. The van der Waals surface area contributed by atoms with Crippen molar-refractivity contribution < 1.29 is 9.21 Å². The van der Waals surface area contributed by atoms with Gasteiger partial charge in [0.05, 0.1) is 12.1 Å². The maximum absolute atomic E-state index is 12.4. The fraction of sp³-hybridized carbons (Fsp3) is 0.450. The van der Waals surface area contributed by atoms with Crippen molar-refractivity contribution in [3.8, 4) is 0 Å². The summed E-state index contributed by atoms with van der Waals surface area (Å²) in [6.07, 6.45) is 2.93. The molecule has 25 heavy (non-hydrogen) atoms. The number of hydrogen-bond donors (Lipinski definition) is 2. The van der Waals surface area contributed by atoms with Crippen molar-refractivity contribution in [2.75, 3.05) is 19.6 Å². The van der Waals surface area contributed by atoms with Gasteiger partial charge in [-0.1, -0.05) is 30.3 Å². The number of nitrogens with two attached hydrogens (primary N) is 1. The number of nitrogens with zero attached hydrogens (tertiary/aromatic N) is 1. The molecule has 1 fully saturated rings. The summed E-state index contributed by atoms with van der Waals surface area (Å²) < 4.78 is 5.82. The maximum Gasteiger partial charge on any atom is 0.237 e. The van der Waals surface area contributed by atoms with Crippen molar-refractivity contribution in [2.45, 2.75) is 38.3 Å². The lowest BCUT2D eigenvalue weighted by Gasteiger charge is -2.26. The van der Waals surface area contributed by atoms with Crippen molar-refractivity contribution in [1.29, 1.82) is 0 Å². The van der Waals surface area contributed by atoms with Crippen molar-refractivity contribution in [3.05, 3.63) is 59.5 Å². The van der Waals surface area contributed by atoms with E-state index in [4.69, 9.17) is 10.2 Å². The SMILES string of the molecule is Cc1ccc(C(CNC(=O)C(N)Cc2ccccc2)N2CCCC2)o1. The second-order valence-corrected chi connectivity index (χ2v) is 6.75. The molecule has 0 aliphatic carbocycles. The first kappa shape index (κ1) is 17.7. The van der Waals surface area contributed by atoms with Gasteiger partial charge in [0, 0.05) is 6.54 Å². The Labute approximate surface area is 149 Å². The van der Waals surface area contributed by atoms with E-state index >= 15 is 0 Å². The molecule has 1 aromatic carbocycles. The predicted octanol–water partition coefficient (Wildman–Crippen LogP) is 2.41. The lowest BCUT2D eigenvalue weighted by molar-refractivity contribution is -0.122. The molecule has 134 valence electrons. The van der Waals surface area contributed by atoms with Crippen LogP contribution >= 0.6 is 0 Å². The number of nitrogens with one attached hydrogen (secondary N) is 1. The fourth-order valence-corrected chi connectivity index (χ4v) is 3.38. The summed E-state index contributed by atoms with van der Waals surface area (Å²) in [5.74, 6) is 1.69. The topological polar surface area (TPSA) is 71.5 Å². The van der Waals surface area contributed by atoms with Crippen LogP contribution in [0.25, 0.3) is 0 Å². The Bertz CT molecular complexity index is 677. The van der Waals surface area contributed by atoms with Crippen molar-refractivity contribution in [2.24, 2.45) is 5.73 Å². The maximum atomic E-state index is 12.4. The number of hydrogen-bond acceptors (Lipinski definition) is 4. The van der Waals surface area contributed by atoms with Gasteiger partial charge in [-0.05, 0) is 57.0 Å². The molecule has 1 aliphatic heterocycles. The molecule has 1 saturated heterocycles. The highest BCUT2D eigenvalue weighted by Crippen LogP contribution is 2.26. The van der Waals surface area contributed by atoms with Crippen LogP contribution in [0.5, 0.6) is 0 Å². The average molecular weight is 341 g/mol. The summed E-state index contributed by atoms with van der Waals surface area (Å²) in [4.78, 5) is 14.8. The molecule has 5 heteroatoms. The first-order valence-electron chi connectivity index (χ1n) is 9.01. The molecule has 0 spiro atoms. The molecule has 2 aromatic rings. The van der Waals surface area contributed by atoms with Gasteiger partial charge in [-0.3, -0.25) is 9.69 Å². The minimum absolute atomic E-state index is 0.0732. The Kier molecular flexibility index (Phi) is 5.89. The zero-order valence-electron chi connectivity index (χ0n) is 14.8. The number of amides is 1. The van der Waals surface area contributed by atoms with Crippen molar-refractivity contribution in [1.82, 2.24) is 10.2 Å². The van der Waals surface area contributed by atoms with E-state index < -0.39 is 6.04 Å². The third-order valence-corrected chi connectivity index (χ3v) is 4.78. The highest BCUT2D eigenvalue weighted by Gasteiger charge is 2.27. The molecule has 0 radical (unpaired) electrons. The van der Waals surface area contributed by atoms with E-state index in [1.54, 1.807) is 0 Å². The van der Waals surface area contributed by atoms with Crippen LogP contribution in [0.3, 0.4) is 0 Å². The molecule has 1 amide bonds. The first-order chi connectivity index (χ1) is 12.1. The number of likely N-dealkylation sites (tertiary alicyclic amines) is 1. The van der Waals surface area contributed by atoms with Gasteiger partial charge >= 0.3 is 0 Å². The molecule has 1 aliphatic rings. The van der Waals surface area contributed by atoms with Crippen molar-refractivity contribution in [3.63, 3.8) is 0 Å². The average Bonchev–Trinajstić information content (AvgIpc) is 3.28. The molecule has 2 heterocycles. The van der Waals surface area contributed by atoms with Gasteiger partial charge in [-0.15, -0.1) is 0 Å². The van der Waals surface area contributed by atoms with E-state index in [2.05, 4.69) is 10.2 Å². The molecule has 1 aromatic heterocycles. The van der Waals surface area contributed by atoms with E-state index in [-0.39, 0.29) is 11.9 Å². The van der Waals surface area contributed by atoms with Crippen LogP contribution in [-0.4, -0.2) is 36.5 Å². The second-order valence-electron chi connectivity index (χ2n) is 6.75. The number of aryl methyl sites for hydroxylation is 1. The number of carbonyl (C=O) groups is 1. The van der Waals surface area contributed by atoms with Gasteiger partial charge in [0.1, 0.15) is 11.5 Å². The second kappa shape index (κ2) is 8.32. The van der Waals surface area contributed by atoms with E-state index in [0.717, 1.165) is 30.2 Å². The number of furan rings is 1. The lowest BCUT2D eigenvalue weighted by Crippen LogP contribution is -2.45. The standard InChI is InChI=1S/C20H27N3O2/c1-15-9-10-19(25-15)18(23-11-5-6-12-23)14-22-20(24)17(21)13-16-7-3-2-4-8-16/h2-4,7-10,17-18H,5-6,11-14,21H2,1H3,(H,22,24). The Morgan fingerprint density at radius 3 is 2.56 bits per heavy atom. The van der Waals surface area contributed by atoms with Gasteiger partial charge in [-0.2, -0.15) is 0 Å². The quantitative estimate of drug-likeness (QED) is 0.811. The molecule has 0 saturated carbocycles. The molecule has 3 N–H and O–H groups in total. The first-order valence-corrected chi connectivity index (χ1v) is 9.01. The third kappa shape index (κ3) is 4.71. The summed E-state index contributed by atoms with van der Waals surface area (Å²) in [6.45, 7) is 4.54. The monoisotopic (exact) mass is 341 g/mol. The Morgan fingerprint density at radius 1 is 1.20 bits per heavy atom. The highest BCUT2D eigenvalue weighted by atomic mass is 16.3. The Balaban J connectivity index is 1.59. The minimum atomic E-state index is -0.542. The number of rotatable bonds is 7. The van der Waals surface area contributed by atoms with Crippen LogP contribution in [0, 0.1) is 6.92 Å². The van der Waals surface area contributed by atoms with Crippen LogP contribution in [0.2, 0.25) is 0 Å². The van der Waals surface area contributed by atoms with Crippen LogP contribution < -0.4 is 11.1 Å². The zero-order chi connectivity index (χ0) is 17.6. The number of carbonyl (C=O) groups excluding carboxylic acids is 1. The third-order valence-electron chi connectivity index (χ3n) is 4.78. The van der Waals surface area contributed by atoms with Crippen LogP contribution in [0.1, 0.15) is 36.0 Å². The molecular formula is C20H27N3O2. The van der Waals surface area contributed by atoms with Gasteiger partial charge in [-0.25, -0.2) is 0 Å². The molecule has 0 bridgehead atoms. The summed E-state index contributed by atoms with van der Waals surface area (Å²) in [6, 6.07) is 13.4. The highest BCUT2D eigenvalue weighted by molar-refractivity contribution is 5.81. The largest absolute Gasteiger partial charge is 0.465 e. The van der Waals surface area contributed by atoms with Crippen LogP contribution in [-0.2, 0) is 11.2 Å². The van der Waals surface area contributed by atoms with Gasteiger partial charge < -0.3 is 15.5 Å². The molecule has 5 nitrogen and oxygen atoms in total. The summed E-state index contributed by atoms with van der Waals surface area (Å²) >= 11 is 0. The van der Waals surface area contributed by atoms with E-state index in [1.807, 2.05) is 49.4 Å². The summed E-state index contributed by atoms with van der Waals surface area (Å²) in [5, 5.41) is 3.02. The van der Waals surface area contributed by atoms with Gasteiger partial charge in [0.2, 0.25) is 5.91 Å². The zero-order valence-corrected chi connectivity index (χ0v) is 14.8. The number of benzene rings is 1. The van der Waals surface area contributed by atoms with E-state index in [9.17, 15) is 4.79 Å². The molecular weight excluding hydrogens is 314 g/mol. The lowest BCUT2D eigenvalue weighted by atomic mass is 10.1. The fourth-order valence-electron chi connectivity index (χ4n) is 3.38. The van der Waals surface area contributed by atoms with E-state index in [1.165, 1.54) is 12.8 Å². The Hall–Kier alpha value is -2.11. The normalized spacial score (nSPS) is 17.4. The Morgan fingerprint density at radius 2 is 1.92 bits per heavy atom. The van der Waals surface area contributed by atoms with Crippen molar-refractivity contribution >= 4 is 5.91 Å². The van der Waals surface area contributed by atoms with E-state index in [0.29, 0.717) is 13.0 Å². The molecule has 2 unspecified atom stereocenters. The molecule has 2 atom stereocenters. The predicted molar refractivity (Wildman–Crippen MR) is 98.1 cm³/mol. The van der Waals surface area contributed by atoms with Gasteiger partial charge in [0.15, 0.2) is 0 Å².